The second kappa shape index (κ2) is 11.3. The van der Waals surface area contributed by atoms with Crippen molar-refractivity contribution in [3.05, 3.63) is 35.4 Å². The minimum Gasteiger partial charge on any atom is -0.493 e. The highest BCUT2D eigenvalue weighted by molar-refractivity contribution is 5.62. The van der Waals surface area contributed by atoms with Crippen LogP contribution < -0.4 is 28.4 Å². The predicted molar refractivity (Wildman–Crippen MR) is 135 cm³/mol. The summed E-state index contributed by atoms with van der Waals surface area (Å²) >= 11 is 0. The molecule has 2 aromatic carbocycles. The average Bonchev–Trinajstić information content (AvgIpc) is 3.31. The molecule has 3 rings (SSSR count). The Kier molecular flexibility index (Phi) is 8.61. The summed E-state index contributed by atoms with van der Waals surface area (Å²) in [5.74, 6) is 3.30. The molecule has 1 aliphatic rings. The van der Waals surface area contributed by atoms with Crippen LogP contribution in [-0.2, 0) is 5.41 Å². The van der Waals surface area contributed by atoms with Crippen LogP contribution in [0.2, 0.25) is 0 Å². The van der Waals surface area contributed by atoms with E-state index in [1.165, 1.54) is 0 Å². The van der Waals surface area contributed by atoms with E-state index in [0.29, 0.717) is 41.0 Å². The number of benzene rings is 2. The SMILES string of the molecule is COc1ccc([C@H]2CCCC2(c2ccc(OC)c(OC)c2OC)C(O)CN(C)C)c(OC)c1OC. The van der Waals surface area contributed by atoms with Crippen LogP contribution in [0.15, 0.2) is 24.3 Å². The average molecular weight is 490 g/mol. The van der Waals surface area contributed by atoms with E-state index >= 15 is 0 Å². The Labute approximate surface area is 208 Å². The van der Waals surface area contributed by atoms with Crippen molar-refractivity contribution >= 4 is 0 Å². The zero-order chi connectivity index (χ0) is 25.8. The van der Waals surface area contributed by atoms with Crippen LogP contribution in [0.4, 0.5) is 0 Å². The van der Waals surface area contributed by atoms with Gasteiger partial charge in [0.05, 0.1) is 48.8 Å². The largest absolute Gasteiger partial charge is 0.493 e. The van der Waals surface area contributed by atoms with Crippen LogP contribution in [-0.4, -0.2) is 79.4 Å². The molecular weight excluding hydrogens is 450 g/mol. The maximum Gasteiger partial charge on any atom is 0.203 e. The molecule has 0 spiro atoms. The van der Waals surface area contributed by atoms with Crippen molar-refractivity contribution in [2.24, 2.45) is 0 Å². The van der Waals surface area contributed by atoms with Gasteiger partial charge in [-0.1, -0.05) is 18.6 Å². The van der Waals surface area contributed by atoms with Crippen molar-refractivity contribution in [1.82, 2.24) is 4.90 Å². The Morgan fingerprint density at radius 1 is 0.800 bits per heavy atom. The molecule has 3 atom stereocenters. The molecule has 8 heteroatoms. The van der Waals surface area contributed by atoms with Gasteiger partial charge >= 0.3 is 0 Å². The number of likely N-dealkylation sites (N-methyl/N-ethyl adjacent to an activating group) is 1. The van der Waals surface area contributed by atoms with Crippen molar-refractivity contribution in [1.29, 1.82) is 0 Å². The van der Waals surface area contributed by atoms with E-state index in [1.807, 2.05) is 43.3 Å². The van der Waals surface area contributed by atoms with Crippen molar-refractivity contribution in [2.45, 2.75) is 36.7 Å². The quantitative estimate of drug-likeness (QED) is 0.510. The third-order valence-corrected chi connectivity index (χ3v) is 7.15. The molecule has 1 aliphatic carbocycles. The molecule has 0 aliphatic heterocycles. The first-order chi connectivity index (χ1) is 16.8. The smallest absolute Gasteiger partial charge is 0.203 e. The van der Waals surface area contributed by atoms with Gasteiger partial charge in [-0.15, -0.1) is 0 Å². The number of ether oxygens (including phenoxy) is 6. The number of rotatable bonds is 11. The molecule has 0 amide bonds. The summed E-state index contributed by atoms with van der Waals surface area (Å²) in [6.45, 7) is 0.476. The van der Waals surface area contributed by atoms with E-state index < -0.39 is 11.5 Å². The van der Waals surface area contributed by atoms with E-state index in [9.17, 15) is 5.11 Å². The fourth-order valence-corrected chi connectivity index (χ4v) is 5.74. The Morgan fingerprint density at radius 3 is 1.86 bits per heavy atom. The minimum absolute atomic E-state index is 0.0841. The second-order valence-corrected chi connectivity index (χ2v) is 9.07. The lowest BCUT2D eigenvalue weighted by atomic mass is 9.65. The Balaban J connectivity index is 2.34. The Morgan fingerprint density at radius 2 is 1.34 bits per heavy atom. The summed E-state index contributed by atoms with van der Waals surface area (Å²) < 4.78 is 34.2. The fraction of sp³-hybridized carbons (Fsp3) is 0.556. The molecule has 0 radical (unpaired) electrons. The normalized spacial score (nSPS) is 20.5. The van der Waals surface area contributed by atoms with Gasteiger partial charge in [0.15, 0.2) is 23.0 Å². The summed E-state index contributed by atoms with van der Waals surface area (Å²) in [7, 11) is 13.6. The summed E-state index contributed by atoms with van der Waals surface area (Å²) in [6, 6.07) is 7.77. The molecular formula is C27H39NO7. The van der Waals surface area contributed by atoms with Gasteiger partial charge in [0, 0.05) is 29.0 Å². The first-order valence-corrected chi connectivity index (χ1v) is 11.8. The monoisotopic (exact) mass is 489 g/mol. The number of methoxy groups -OCH3 is 6. The number of nitrogens with zero attached hydrogens (tertiary/aromatic N) is 1. The molecule has 1 saturated carbocycles. The summed E-state index contributed by atoms with van der Waals surface area (Å²) in [5.41, 5.74) is 1.16. The van der Waals surface area contributed by atoms with Gasteiger partial charge in [-0.2, -0.15) is 0 Å². The zero-order valence-electron chi connectivity index (χ0n) is 22.1. The fourth-order valence-electron chi connectivity index (χ4n) is 5.74. The lowest BCUT2D eigenvalue weighted by Crippen LogP contribution is -2.47. The molecule has 0 heterocycles. The van der Waals surface area contributed by atoms with E-state index in [2.05, 4.69) is 0 Å². The van der Waals surface area contributed by atoms with Crippen LogP contribution in [0.25, 0.3) is 0 Å². The molecule has 0 aromatic heterocycles. The molecule has 0 saturated heterocycles. The predicted octanol–water partition coefficient (Wildman–Crippen LogP) is 3.87. The maximum absolute atomic E-state index is 11.9. The molecule has 2 unspecified atom stereocenters. The summed E-state index contributed by atoms with van der Waals surface area (Å²) in [4.78, 5) is 2.00. The van der Waals surface area contributed by atoms with E-state index in [0.717, 1.165) is 30.4 Å². The third kappa shape index (κ3) is 4.57. The standard InChI is InChI=1S/C27H39NO7/c1-28(2)16-22(29)27(19-12-14-21(31-4)26(35-8)24(19)33-6)15-9-10-18(27)17-11-13-20(30-3)25(34-7)23(17)32-5/h11-14,18,22,29H,9-10,15-16H2,1-8H3/t18-,22?,27?/m1/s1. The molecule has 1 N–H and O–H groups in total. The lowest BCUT2D eigenvalue weighted by molar-refractivity contribution is 0.0469. The van der Waals surface area contributed by atoms with Crippen molar-refractivity contribution in [3.63, 3.8) is 0 Å². The van der Waals surface area contributed by atoms with Crippen LogP contribution in [0.3, 0.4) is 0 Å². The van der Waals surface area contributed by atoms with Crippen LogP contribution in [0, 0.1) is 0 Å². The lowest BCUT2D eigenvalue weighted by Gasteiger charge is -2.43. The molecule has 1 fully saturated rings. The van der Waals surface area contributed by atoms with Gasteiger partial charge < -0.3 is 38.4 Å². The topological polar surface area (TPSA) is 78.9 Å². The molecule has 194 valence electrons. The zero-order valence-corrected chi connectivity index (χ0v) is 22.1. The van der Waals surface area contributed by atoms with Crippen LogP contribution >= 0.6 is 0 Å². The summed E-state index contributed by atoms with van der Waals surface area (Å²) in [6.07, 6.45) is 1.84. The van der Waals surface area contributed by atoms with E-state index in [-0.39, 0.29) is 5.92 Å². The number of hydrogen-bond donors (Lipinski definition) is 1. The Hall–Kier alpha value is -2.84. The highest BCUT2D eigenvalue weighted by Gasteiger charge is 2.53. The van der Waals surface area contributed by atoms with Crippen molar-refractivity contribution in [3.8, 4) is 34.5 Å². The number of aliphatic hydroxyl groups excluding tert-OH is 1. The minimum atomic E-state index is -0.699. The van der Waals surface area contributed by atoms with Gasteiger partial charge in [0.1, 0.15) is 0 Å². The van der Waals surface area contributed by atoms with E-state index in [4.69, 9.17) is 28.4 Å². The second-order valence-electron chi connectivity index (χ2n) is 9.07. The molecule has 8 nitrogen and oxygen atoms in total. The molecule has 0 bridgehead atoms. The Bertz CT molecular complexity index is 1010. The van der Waals surface area contributed by atoms with Crippen LogP contribution in [0.1, 0.15) is 36.3 Å². The van der Waals surface area contributed by atoms with Gasteiger partial charge in [-0.25, -0.2) is 0 Å². The van der Waals surface area contributed by atoms with Crippen molar-refractivity contribution < 1.29 is 33.5 Å². The summed E-state index contributed by atoms with van der Waals surface area (Å²) in [5, 5.41) is 11.9. The first kappa shape index (κ1) is 26.8. The highest BCUT2D eigenvalue weighted by Crippen LogP contribution is 2.60. The number of hydrogen-bond acceptors (Lipinski definition) is 8. The number of aliphatic hydroxyl groups is 1. The molecule has 2 aromatic rings. The maximum atomic E-state index is 11.9. The first-order valence-electron chi connectivity index (χ1n) is 11.8. The van der Waals surface area contributed by atoms with Gasteiger partial charge in [0.25, 0.3) is 0 Å². The molecule has 35 heavy (non-hydrogen) atoms. The highest BCUT2D eigenvalue weighted by atomic mass is 16.5. The van der Waals surface area contributed by atoms with E-state index in [1.54, 1.807) is 42.7 Å². The van der Waals surface area contributed by atoms with Crippen LogP contribution in [0.5, 0.6) is 34.5 Å². The van der Waals surface area contributed by atoms with Gasteiger partial charge in [-0.3, -0.25) is 0 Å². The van der Waals surface area contributed by atoms with Gasteiger partial charge in [0.2, 0.25) is 11.5 Å². The van der Waals surface area contributed by atoms with Gasteiger partial charge in [-0.05, 0) is 39.1 Å². The third-order valence-electron chi connectivity index (χ3n) is 7.15. The van der Waals surface area contributed by atoms with Crippen molar-refractivity contribution in [2.75, 3.05) is 63.3 Å².